The molecule has 1 atom stereocenters. The lowest BCUT2D eigenvalue weighted by atomic mass is 10.1. The first-order valence-corrected chi connectivity index (χ1v) is 9.43. The van der Waals surface area contributed by atoms with Gasteiger partial charge in [0.05, 0.1) is 13.5 Å². The van der Waals surface area contributed by atoms with E-state index < -0.39 is 6.04 Å². The van der Waals surface area contributed by atoms with Crippen molar-refractivity contribution in [3.63, 3.8) is 0 Å². The number of amides is 2. The van der Waals surface area contributed by atoms with E-state index in [9.17, 15) is 14.0 Å². The molecule has 5 nitrogen and oxygen atoms in total. The third-order valence-electron chi connectivity index (χ3n) is 4.49. The summed E-state index contributed by atoms with van der Waals surface area (Å²) in [5.74, 6) is -0.0273. The van der Waals surface area contributed by atoms with E-state index in [1.54, 1.807) is 24.1 Å². The van der Waals surface area contributed by atoms with Gasteiger partial charge >= 0.3 is 0 Å². The average Bonchev–Trinajstić information content (AvgIpc) is 2.70. The Morgan fingerprint density at radius 3 is 2.43 bits per heavy atom. The van der Waals surface area contributed by atoms with Crippen LogP contribution >= 0.6 is 0 Å². The van der Waals surface area contributed by atoms with Gasteiger partial charge in [-0.05, 0) is 48.7 Å². The highest BCUT2D eigenvalue weighted by Crippen LogP contribution is 2.18. The van der Waals surface area contributed by atoms with E-state index in [4.69, 9.17) is 4.74 Å². The molecule has 0 aliphatic carbocycles. The largest absolute Gasteiger partial charge is 0.497 e. The molecule has 0 spiro atoms. The average molecular weight is 386 g/mol. The van der Waals surface area contributed by atoms with Crippen molar-refractivity contribution < 1.29 is 18.7 Å². The summed E-state index contributed by atoms with van der Waals surface area (Å²) in [5.41, 5.74) is 1.57. The molecule has 0 aromatic heterocycles. The Hall–Kier alpha value is -2.89. The molecular weight excluding hydrogens is 359 g/mol. The van der Waals surface area contributed by atoms with Gasteiger partial charge in [-0.15, -0.1) is 0 Å². The number of likely N-dealkylation sites (N-methyl/N-ethyl adjacent to an activating group) is 1. The molecule has 2 amide bonds. The van der Waals surface area contributed by atoms with Crippen molar-refractivity contribution >= 4 is 11.8 Å². The van der Waals surface area contributed by atoms with E-state index in [0.717, 1.165) is 5.56 Å². The van der Waals surface area contributed by atoms with Crippen LogP contribution in [-0.2, 0) is 22.6 Å². The Morgan fingerprint density at radius 2 is 1.82 bits per heavy atom. The van der Waals surface area contributed by atoms with Crippen LogP contribution in [0.15, 0.2) is 48.5 Å². The summed E-state index contributed by atoms with van der Waals surface area (Å²) in [5, 5.41) is 2.80. The SMILES string of the molecule is CCNC(=O)C(CC)N(Cc1cccc(OC)c1)C(=O)Cc1ccc(F)cc1. The summed E-state index contributed by atoms with van der Waals surface area (Å²) in [7, 11) is 1.58. The fourth-order valence-electron chi connectivity index (χ4n) is 3.06. The van der Waals surface area contributed by atoms with E-state index in [-0.39, 0.29) is 30.6 Å². The van der Waals surface area contributed by atoms with Crippen LogP contribution in [0.3, 0.4) is 0 Å². The van der Waals surface area contributed by atoms with Crippen LogP contribution in [0.1, 0.15) is 31.4 Å². The molecule has 1 N–H and O–H groups in total. The minimum Gasteiger partial charge on any atom is -0.497 e. The zero-order valence-electron chi connectivity index (χ0n) is 16.6. The van der Waals surface area contributed by atoms with Crippen molar-refractivity contribution in [2.24, 2.45) is 0 Å². The number of hydrogen-bond donors (Lipinski definition) is 1. The molecule has 6 heteroatoms. The highest BCUT2D eigenvalue weighted by Gasteiger charge is 2.28. The minimum atomic E-state index is -0.584. The molecule has 150 valence electrons. The molecule has 0 radical (unpaired) electrons. The zero-order chi connectivity index (χ0) is 20.5. The first-order valence-electron chi connectivity index (χ1n) is 9.43. The normalized spacial score (nSPS) is 11.6. The summed E-state index contributed by atoms with van der Waals surface area (Å²) >= 11 is 0. The smallest absolute Gasteiger partial charge is 0.242 e. The van der Waals surface area contributed by atoms with Gasteiger partial charge in [0.1, 0.15) is 17.6 Å². The van der Waals surface area contributed by atoms with Gasteiger partial charge in [0.15, 0.2) is 0 Å². The number of nitrogens with zero attached hydrogens (tertiary/aromatic N) is 1. The maximum absolute atomic E-state index is 13.2. The Labute approximate surface area is 165 Å². The highest BCUT2D eigenvalue weighted by atomic mass is 19.1. The summed E-state index contributed by atoms with van der Waals surface area (Å²) < 4.78 is 18.4. The molecule has 0 aliphatic rings. The number of rotatable bonds is 9. The number of ether oxygens (including phenoxy) is 1. The predicted octanol–water partition coefficient (Wildman–Crippen LogP) is 3.32. The summed E-state index contributed by atoms with van der Waals surface area (Å²) in [4.78, 5) is 27.2. The van der Waals surface area contributed by atoms with E-state index in [1.165, 1.54) is 12.1 Å². The molecule has 0 saturated carbocycles. The predicted molar refractivity (Wildman–Crippen MR) is 106 cm³/mol. The monoisotopic (exact) mass is 386 g/mol. The van der Waals surface area contributed by atoms with E-state index >= 15 is 0 Å². The van der Waals surface area contributed by atoms with Crippen molar-refractivity contribution in [2.45, 2.75) is 39.3 Å². The van der Waals surface area contributed by atoms with Crippen LogP contribution < -0.4 is 10.1 Å². The van der Waals surface area contributed by atoms with Crippen LogP contribution in [0.5, 0.6) is 5.75 Å². The second kappa shape index (κ2) is 10.4. The van der Waals surface area contributed by atoms with Crippen LogP contribution in [-0.4, -0.2) is 36.4 Å². The summed E-state index contributed by atoms with van der Waals surface area (Å²) in [6, 6.07) is 12.7. The van der Waals surface area contributed by atoms with Gasteiger partial charge in [0.25, 0.3) is 0 Å². The summed E-state index contributed by atoms with van der Waals surface area (Å²) in [6.07, 6.45) is 0.588. The van der Waals surface area contributed by atoms with Gasteiger partial charge in [-0.2, -0.15) is 0 Å². The van der Waals surface area contributed by atoms with Gasteiger partial charge in [-0.25, -0.2) is 4.39 Å². The molecule has 0 saturated heterocycles. The molecule has 0 bridgehead atoms. The molecule has 0 heterocycles. The van der Waals surface area contributed by atoms with Crippen molar-refractivity contribution in [1.29, 1.82) is 0 Å². The molecule has 2 aromatic rings. The Kier molecular flexibility index (Phi) is 7.99. The fourth-order valence-corrected chi connectivity index (χ4v) is 3.06. The number of halogens is 1. The molecule has 2 rings (SSSR count). The number of carbonyl (C=O) groups excluding carboxylic acids is 2. The summed E-state index contributed by atoms with van der Waals surface area (Å²) in [6.45, 7) is 4.50. The van der Waals surface area contributed by atoms with Gasteiger partial charge < -0.3 is 15.0 Å². The standard InChI is InChI=1S/C22H27FN2O3/c1-4-20(22(27)24-5-2)25(15-17-7-6-8-19(13-17)28-3)21(26)14-16-9-11-18(23)12-10-16/h6-13,20H,4-5,14-15H2,1-3H3,(H,24,27). The Balaban J connectivity index is 2.28. The fraction of sp³-hybridized carbons (Fsp3) is 0.364. The maximum atomic E-state index is 13.2. The minimum absolute atomic E-state index is 0.0974. The molecule has 1 unspecified atom stereocenters. The van der Waals surface area contributed by atoms with Crippen molar-refractivity contribution in [2.75, 3.05) is 13.7 Å². The third kappa shape index (κ3) is 5.81. The molecular formula is C22H27FN2O3. The maximum Gasteiger partial charge on any atom is 0.242 e. The second-order valence-corrected chi connectivity index (χ2v) is 6.50. The molecule has 0 aliphatic heterocycles. The number of nitrogens with one attached hydrogen (secondary N) is 1. The lowest BCUT2D eigenvalue weighted by Crippen LogP contribution is -2.49. The number of methoxy groups -OCH3 is 1. The lowest BCUT2D eigenvalue weighted by Gasteiger charge is -2.30. The first kappa shape index (κ1) is 21.4. The van der Waals surface area contributed by atoms with Gasteiger partial charge in [0, 0.05) is 13.1 Å². The first-order chi connectivity index (χ1) is 13.5. The second-order valence-electron chi connectivity index (χ2n) is 6.50. The molecule has 0 fully saturated rings. The molecule has 28 heavy (non-hydrogen) atoms. The lowest BCUT2D eigenvalue weighted by molar-refractivity contribution is -0.140. The van der Waals surface area contributed by atoms with Crippen molar-refractivity contribution in [3.05, 3.63) is 65.5 Å². The quantitative estimate of drug-likeness (QED) is 0.719. The van der Waals surface area contributed by atoms with E-state index in [2.05, 4.69) is 5.32 Å². The topological polar surface area (TPSA) is 58.6 Å². The van der Waals surface area contributed by atoms with Gasteiger partial charge in [-0.1, -0.05) is 31.2 Å². The van der Waals surface area contributed by atoms with E-state index in [1.807, 2.05) is 38.1 Å². The number of hydrogen-bond acceptors (Lipinski definition) is 3. The highest BCUT2D eigenvalue weighted by molar-refractivity contribution is 5.88. The van der Waals surface area contributed by atoms with Crippen LogP contribution in [0.2, 0.25) is 0 Å². The Morgan fingerprint density at radius 1 is 1.11 bits per heavy atom. The van der Waals surface area contributed by atoms with Crippen molar-refractivity contribution in [1.82, 2.24) is 10.2 Å². The van der Waals surface area contributed by atoms with Crippen LogP contribution in [0.4, 0.5) is 4.39 Å². The van der Waals surface area contributed by atoms with Crippen LogP contribution in [0.25, 0.3) is 0 Å². The number of carbonyl (C=O) groups is 2. The number of benzene rings is 2. The molecule has 2 aromatic carbocycles. The van der Waals surface area contributed by atoms with Gasteiger partial charge in [-0.3, -0.25) is 9.59 Å². The van der Waals surface area contributed by atoms with Crippen LogP contribution in [0, 0.1) is 5.82 Å². The zero-order valence-corrected chi connectivity index (χ0v) is 16.6. The third-order valence-corrected chi connectivity index (χ3v) is 4.49. The Bertz CT molecular complexity index is 793. The van der Waals surface area contributed by atoms with Crippen molar-refractivity contribution in [3.8, 4) is 5.75 Å². The van der Waals surface area contributed by atoms with Gasteiger partial charge in [0.2, 0.25) is 11.8 Å². The van der Waals surface area contributed by atoms with E-state index in [0.29, 0.717) is 24.3 Å².